The molecule has 0 heterocycles. The van der Waals surface area contributed by atoms with Gasteiger partial charge >= 0.3 is 6.09 Å². The van der Waals surface area contributed by atoms with Gasteiger partial charge in [-0.1, -0.05) is 20.8 Å². The van der Waals surface area contributed by atoms with Crippen LogP contribution in [0, 0.1) is 16.7 Å². The van der Waals surface area contributed by atoms with Crippen LogP contribution in [0.3, 0.4) is 0 Å². The van der Waals surface area contributed by atoms with Gasteiger partial charge in [-0.15, -0.1) is 0 Å². The lowest BCUT2D eigenvalue weighted by Crippen LogP contribution is -2.50. The number of ether oxygens (including phenoxy) is 1. The summed E-state index contributed by atoms with van der Waals surface area (Å²) in [6.07, 6.45) is 3.00. The van der Waals surface area contributed by atoms with Crippen molar-refractivity contribution in [2.24, 2.45) is 16.7 Å². The van der Waals surface area contributed by atoms with Crippen LogP contribution < -0.4 is 5.32 Å². The largest absolute Gasteiger partial charge is 0.444 e. The Morgan fingerprint density at radius 2 is 1.87 bits per heavy atom. The van der Waals surface area contributed by atoms with E-state index in [0.29, 0.717) is 5.92 Å². The standard InChI is InChI=1S/C18H32N2O3/c1-16(2,3)23-15(22)20(7)11-14(21)19-13-10-12-8-9-18(13,6)17(12,4)5/h12-13H,8-11H2,1-7H3,(H,19,21)/t12-,13+,18-/m0/s1. The van der Waals surface area contributed by atoms with Crippen molar-refractivity contribution in [1.29, 1.82) is 0 Å². The van der Waals surface area contributed by atoms with Crippen LogP contribution in [0.25, 0.3) is 0 Å². The lowest BCUT2D eigenvalue weighted by Gasteiger charge is -2.39. The van der Waals surface area contributed by atoms with Crippen molar-refractivity contribution in [2.75, 3.05) is 13.6 Å². The summed E-state index contributed by atoms with van der Waals surface area (Å²) in [6.45, 7) is 12.4. The number of carbonyl (C=O) groups is 2. The summed E-state index contributed by atoms with van der Waals surface area (Å²) < 4.78 is 5.28. The first-order chi connectivity index (χ1) is 10.4. The van der Waals surface area contributed by atoms with E-state index in [2.05, 4.69) is 26.1 Å². The summed E-state index contributed by atoms with van der Waals surface area (Å²) in [5.41, 5.74) is -0.135. The Labute approximate surface area is 140 Å². The second kappa shape index (κ2) is 5.67. The maximum atomic E-state index is 12.3. The second-order valence-electron chi connectivity index (χ2n) is 9.07. The van der Waals surface area contributed by atoms with Gasteiger partial charge in [0.25, 0.3) is 0 Å². The molecule has 2 aliphatic rings. The number of likely N-dealkylation sites (N-methyl/N-ethyl adjacent to an activating group) is 1. The molecule has 5 heteroatoms. The highest BCUT2D eigenvalue weighted by atomic mass is 16.6. The van der Waals surface area contributed by atoms with Gasteiger partial charge in [0.1, 0.15) is 12.1 Å². The number of fused-ring (bicyclic) bond motifs is 2. The topological polar surface area (TPSA) is 58.6 Å². The lowest BCUT2D eigenvalue weighted by atomic mass is 9.69. The molecule has 0 aliphatic heterocycles. The monoisotopic (exact) mass is 324 g/mol. The van der Waals surface area contributed by atoms with Crippen molar-refractivity contribution in [3.63, 3.8) is 0 Å². The van der Waals surface area contributed by atoms with Gasteiger partial charge < -0.3 is 15.0 Å². The van der Waals surface area contributed by atoms with Crippen LogP contribution in [-0.4, -0.2) is 42.1 Å². The molecule has 2 saturated carbocycles. The van der Waals surface area contributed by atoms with Crippen LogP contribution in [0.4, 0.5) is 4.79 Å². The van der Waals surface area contributed by atoms with Crippen LogP contribution in [0.1, 0.15) is 60.8 Å². The fourth-order valence-corrected chi connectivity index (χ4v) is 4.28. The van der Waals surface area contributed by atoms with E-state index in [4.69, 9.17) is 4.74 Å². The molecule has 23 heavy (non-hydrogen) atoms. The number of rotatable bonds is 3. The zero-order chi connectivity index (χ0) is 17.6. The predicted molar refractivity (Wildman–Crippen MR) is 90.0 cm³/mol. The Kier molecular flexibility index (Phi) is 4.46. The maximum Gasteiger partial charge on any atom is 0.410 e. The molecule has 2 bridgehead atoms. The summed E-state index contributed by atoms with van der Waals surface area (Å²) in [5, 5.41) is 3.17. The Morgan fingerprint density at radius 1 is 1.26 bits per heavy atom. The molecule has 0 saturated heterocycles. The number of nitrogens with one attached hydrogen (secondary N) is 1. The molecular formula is C18H32N2O3. The van der Waals surface area contributed by atoms with E-state index in [-0.39, 0.29) is 29.3 Å². The first kappa shape index (κ1) is 18.1. The molecule has 2 aliphatic carbocycles. The van der Waals surface area contributed by atoms with Crippen LogP contribution in [0.2, 0.25) is 0 Å². The average molecular weight is 324 g/mol. The van der Waals surface area contributed by atoms with E-state index in [9.17, 15) is 9.59 Å². The molecule has 0 aromatic heterocycles. The Bertz CT molecular complexity index is 495. The van der Waals surface area contributed by atoms with Crippen LogP contribution in [0.15, 0.2) is 0 Å². The van der Waals surface area contributed by atoms with Crippen molar-refractivity contribution in [3.8, 4) is 0 Å². The van der Waals surface area contributed by atoms with Crippen molar-refractivity contribution >= 4 is 12.0 Å². The molecule has 0 aromatic rings. The third-order valence-electron chi connectivity index (χ3n) is 6.22. The van der Waals surface area contributed by atoms with E-state index in [1.54, 1.807) is 7.05 Å². The fraction of sp³-hybridized carbons (Fsp3) is 0.889. The molecule has 2 rings (SSSR count). The molecule has 5 nitrogen and oxygen atoms in total. The van der Waals surface area contributed by atoms with Crippen molar-refractivity contribution < 1.29 is 14.3 Å². The van der Waals surface area contributed by atoms with E-state index < -0.39 is 11.7 Å². The summed E-state index contributed by atoms with van der Waals surface area (Å²) in [6, 6.07) is 0.204. The Balaban J connectivity index is 1.90. The molecule has 0 radical (unpaired) electrons. The quantitative estimate of drug-likeness (QED) is 0.867. The smallest absolute Gasteiger partial charge is 0.410 e. The summed E-state index contributed by atoms with van der Waals surface area (Å²) in [7, 11) is 1.60. The van der Waals surface area contributed by atoms with Gasteiger partial charge in [0.15, 0.2) is 0 Å². The molecule has 2 amide bonds. The Morgan fingerprint density at radius 3 is 2.30 bits per heavy atom. The number of nitrogens with zero attached hydrogens (tertiary/aromatic N) is 1. The van der Waals surface area contributed by atoms with Crippen molar-refractivity contribution in [3.05, 3.63) is 0 Å². The highest BCUT2D eigenvalue weighted by Gasteiger charge is 2.61. The predicted octanol–water partition coefficient (Wildman–Crippen LogP) is 3.18. The third kappa shape index (κ3) is 3.33. The van der Waals surface area contributed by atoms with Crippen LogP contribution in [0.5, 0.6) is 0 Å². The van der Waals surface area contributed by atoms with Gasteiger partial charge in [0.2, 0.25) is 5.91 Å². The number of carbonyl (C=O) groups excluding carboxylic acids is 2. The minimum Gasteiger partial charge on any atom is -0.444 e. The minimum atomic E-state index is -0.552. The molecule has 0 spiro atoms. The highest BCUT2D eigenvalue weighted by molar-refractivity contribution is 5.82. The summed E-state index contributed by atoms with van der Waals surface area (Å²) >= 11 is 0. The van der Waals surface area contributed by atoms with Gasteiger partial charge in [0.05, 0.1) is 0 Å². The van der Waals surface area contributed by atoms with Gasteiger partial charge in [-0.3, -0.25) is 4.79 Å². The van der Waals surface area contributed by atoms with E-state index in [1.165, 1.54) is 11.3 Å². The van der Waals surface area contributed by atoms with Gasteiger partial charge in [-0.25, -0.2) is 4.79 Å². The van der Waals surface area contributed by atoms with Crippen LogP contribution >= 0.6 is 0 Å². The van der Waals surface area contributed by atoms with Gasteiger partial charge in [-0.2, -0.15) is 0 Å². The van der Waals surface area contributed by atoms with E-state index >= 15 is 0 Å². The average Bonchev–Trinajstić information content (AvgIpc) is 2.69. The first-order valence-electron chi connectivity index (χ1n) is 8.60. The Hall–Kier alpha value is -1.26. The molecule has 2 fully saturated rings. The molecular weight excluding hydrogens is 292 g/mol. The molecule has 0 unspecified atom stereocenters. The zero-order valence-corrected chi connectivity index (χ0v) is 15.7. The fourth-order valence-electron chi connectivity index (χ4n) is 4.28. The zero-order valence-electron chi connectivity index (χ0n) is 15.7. The number of amides is 2. The maximum absolute atomic E-state index is 12.3. The van der Waals surface area contributed by atoms with Gasteiger partial charge in [-0.05, 0) is 56.8 Å². The second-order valence-corrected chi connectivity index (χ2v) is 9.07. The van der Waals surface area contributed by atoms with Gasteiger partial charge in [0, 0.05) is 13.1 Å². The SMILES string of the molecule is CN(CC(=O)N[C@@H]1C[C@@H]2CC[C@]1(C)C2(C)C)C(=O)OC(C)(C)C. The highest BCUT2D eigenvalue weighted by Crippen LogP contribution is 2.65. The molecule has 3 atom stereocenters. The van der Waals surface area contributed by atoms with E-state index in [1.807, 2.05) is 20.8 Å². The third-order valence-corrected chi connectivity index (χ3v) is 6.22. The minimum absolute atomic E-state index is 0.0343. The molecule has 0 aromatic carbocycles. The van der Waals surface area contributed by atoms with E-state index in [0.717, 1.165) is 12.8 Å². The van der Waals surface area contributed by atoms with Crippen LogP contribution in [-0.2, 0) is 9.53 Å². The summed E-state index contributed by atoms with van der Waals surface area (Å²) in [4.78, 5) is 25.6. The normalized spacial score (nSPS) is 31.8. The molecule has 1 N–H and O–H groups in total. The first-order valence-corrected chi connectivity index (χ1v) is 8.60. The van der Waals surface area contributed by atoms with Crippen molar-refractivity contribution in [2.45, 2.75) is 72.4 Å². The molecule has 132 valence electrons. The van der Waals surface area contributed by atoms with Crippen molar-refractivity contribution in [1.82, 2.24) is 10.2 Å². The lowest BCUT2D eigenvalue weighted by molar-refractivity contribution is -0.123. The number of hydrogen-bond donors (Lipinski definition) is 1. The number of hydrogen-bond acceptors (Lipinski definition) is 3. The summed E-state index contributed by atoms with van der Waals surface area (Å²) in [5.74, 6) is 0.578.